The molecule has 0 aliphatic heterocycles. The molecule has 23 heavy (non-hydrogen) atoms. The quantitative estimate of drug-likeness (QED) is 0.674. The highest BCUT2D eigenvalue weighted by atomic mass is 16.1. The Labute approximate surface area is 136 Å². The minimum absolute atomic E-state index is 0.0980. The third-order valence-electron chi connectivity index (χ3n) is 4.18. The van der Waals surface area contributed by atoms with E-state index in [9.17, 15) is 4.79 Å². The average molecular weight is 304 g/mol. The lowest BCUT2D eigenvalue weighted by Crippen LogP contribution is -1.99. The van der Waals surface area contributed by atoms with Gasteiger partial charge in [0.15, 0.2) is 5.78 Å². The van der Waals surface area contributed by atoms with Gasteiger partial charge in [0.05, 0.1) is 11.4 Å². The zero-order valence-corrected chi connectivity index (χ0v) is 13.7. The summed E-state index contributed by atoms with van der Waals surface area (Å²) in [5.41, 5.74) is 6.46. The molecule has 0 aliphatic rings. The molecule has 0 bridgehead atoms. The first-order valence-electron chi connectivity index (χ1n) is 7.76. The zero-order chi connectivity index (χ0) is 16.4. The van der Waals surface area contributed by atoms with Crippen LogP contribution in [0.3, 0.4) is 0 Å². The largest absolute Gasteiger partial charge is 0.295 e. The second-order valence-electron chi connectivity index (χ2n) is 5.83. The van der Waals surface area contributed by atoms with Gasteiger partial charge in [0.1, 0.15) is 0 Å². The summed E-state index contributed by atoms with van der Waals surface area (Å²) in [6.07, 6.45) is 0.822. The second-order valence-corrected chi connectivity index (χ2v) is 5.83. The number of hydrogen-bond acceptors (Lipinski definition) is 2. The predicted molar refractivity (Wildman–Crippen MR) is 92.3 cm³/mol. The first-order valence-corrected chi connectivity index (χ1v) is 7.76. The topological polar surface area (TPSA) is 34.9 Å². The number of Topliss-reactive ketones (excluding diaryl/α,β-unsaturated/α-hetero) is 1. The van der Waals surface area contributed by atoms with E-state index in [0.717, 1.165) is 29.1 Å². The number of aryl methyl sites for hydroxylation is 1. The van der Waals surface area contributed by atoms with Crippen molar-refractivity contribution in [2.45, 2.75) is 27.2 Å². The summed E-state index contributed by atoms with van der Waals surface area (Å²) in [6, 6.07) is 18.0. The molecule has 0 amide bonds. The van der Waals surface area contributed by atoms with Crippen LogP contribution < -0.4 is 0 Å². The van der Waals surface area contributed by atoms with E-state index in [0.29, 0.717) is 0 Å². The van der Waals surface area contributed by atoms with Crippen LogP contribution in [-0.4, -0.2) is 15.6 Å². The number of carbonyl (C=O) groups excluding carboxylic acids is 1. The molecule has 116 valence electrons. The van der Waals surface area contributed by atoms with Gasteiger partial charge in [0.25, 0.3) is 0 Å². The van der Waals surface area contributed by atoms with Gasteiger partial charge in [-0.2, -0.15) is 5.10 Å². The molecule has 3 heteroatoms. The van der Waals surface area contributed by atoms with E-state index in [1.165, 1.54) is 11.1 Å². The monoisotopic (exact) mass is 304 g/mol. The standard InChI is InChI=1S/C20H20N2O/c1-14-20(13-17-9-11-18(12-10-17)16(3)23)15(2)22(21-14)19-7-5-4-6-8-19/h4-12H,13H2,1-3H3. The Hall–Kier alpha value is -2.68. The fourth-order valence-electron chi connectivity index (χ4n) is 2.81. The highest BCUT2D eigenvalue weighted by molar-refractivity contribution is 5.94. The Morgan fingerprint density at radius 1 is 1.00 bits per heavy atom. The van der Waals surface area contributed by atoms with Crippen LogP contribution in [0.4, 0.5) is 0 Å². The first kappa shape index (κ1) is 15.2. The highest BCUT2D eigenvalue weighted by Gasteiger charge is 2.13. The maximum atomic E-state index is 11.4. The lowest BCUT2D eigenvalue weighted by molar-refractivity contribution is 0.101. The van der Waals surface area contributed by atoms with Crippen molar-refractivity contribution in [1.82, 2.24) is 9.78 Å². The maximum Gasteiger partial charge on any atom is 0.159 e. The van der Waals surface area contributed by atoms with Crippen LogP contribution in [0.15, 0.2) is 54.6 Å². The van der Waals surface area contributed by atoms with Gasteiger partial charge in [-0.15, -0.1) is 0 Å². The van der Waals surface area contributed by atoms with Gasteiger partial charge in [-0.1, -0.05) is 42.5 Å². The van der Waals surface area contributed by atoms with E-state index >= 15 is 0 Å². The summed E-state index contributed by atoms with van der Waals surface area (Å²) in [7, 11) is 0. The molecule has 0 aliphatic carbocycles. The third kappa shape index (κ3) is 3.09. The first-order chi connectivity index (χ1) is 11.1. The van der Waals surface area contributed by atoms with E-state index in [4.69, 9.17) is 0 Å². The fourth-order valence-corrected chi connectivity index (χ4v) is 2.81. The Bertz CT molecular complexity index is 830. The Morgan fingerprint density at radius 2 is 1.65 bits per heavy atom. The normalized spacial score (nSPS) is 10.7. The molecule has 1 aromatic heterocycles. The summed E-state index contributed by atoms with van der Waals surface area (Å²) in [6.45, 7) is 5.74. The molecular weight excluding hydrogens is 284 g/mol. The van der Waals surface area contributed by atoms with Crippen LogP contribution in [0.1, 0.15) is 39.8 Å². The number of benzene rings is 2. The Balaban J connectivity index is 1.92. The third-order valence-corrected chi connectivity index (χ3v) is 4.18. The van der Waals surface area contributed by atoms with Gasteiger partial charge in [0, 0.05) is 23.2 Å². The molecule has 1 heterocycles. The molecular formula is C20H20N2O. The lowest BCUT2D eigenvalue weighted by Gasteiger charge is -2.06. The van der Waals surface area contributed by atoms with E-state index < -0.39 is 0 Å². The number of ketones is 1. The number of rotatable bonds is 4. The van der Waals surface area contributed by atoms with Crippen molar-refractivity contribution in [2.24, 2.45) is 0 Å². The number of carbonyl (C=O) groups is 1. The van der Waals surface area contributed by atoms with Crippen LogP contribution in [0.25, 0.3) is 5.69 Å². The zero-order valence-electron chi connectivity index (χ0n) is 13.7. The van der Waals surface area contributed by atoms with Crippen molar-refractivity contribution in [3.05, 3.63) is 82.7 Å². The van der Waals surface area contributed by atoms with Crippen molar-refractivity contribution in [3.63, 3.8) is 0 Å². The molecule has 0 radical (unpaired) electrons. The van der Waals surface area contributed by atoms with Gasteiger partial charge in [-0.05, 0) is 38.5 Å². The van der Waals surface area contributed by atoms with Crippen LogP contribution in [0.2, 0.25) is 0 Å². The summed E-state index contributed by atoms with van der Waals surface area (Å²) < 4.78 is 1.99. The van der Waals surface area contributed by atoms with E-state index in [2.05, 4.69) is 24.2 Å². The summed E-state index contributed by atoms with van der Waals surface area (Å²) in [5.74, 6) is 0.0980. The molecule has 3 aromatic rings. The van der Waals surface area contributed by atoms with Crippen molar-refractivity contribution in [2.75, 3.05) is 0 Å². The smallest absolute Gasteiger partial charge is 0.159 e. The fraction of sp³-hybridized carbons (Fsp3) is 0.200. The molecule has 0 unspecified atom stereocenters. The molecule has 3 nitrogen and oxygen atoms in total. The highest BCUT2D eigenvalue weighted by Crippen LogP contribution is 2.21. The second kappa shape index (κ2) is 6.21. The van der Waals surface area contributed by atoms with Crippen molar-refractivity contribution in [3.8, 4) is 5.69 Å². The molecule has 0 atom stereocenters. The van der Waals surface area contributed by atoms with Gasteiger partial charge in [-0.3, -0.25) is 4.79 Å². The van der Waals surface area contributed by atoms with E-state index in [1.807, 2.05) is 54.1 Å². The number of hydrogen-bond donors (Lipinski definition) is 0. The van der Waals surface area contributed by atoms with E-state index in [1.54, 1.807) is 6.92 Å². The summed E-state index contributed by atoms with van der Waals surface area (Å²) in [5, 5.41) is 4.68. The minimum atomic E-state index is 0.0980. The van der Waals surface area contributed by atoms with Crippen molar-refractivity contribution in [1.29, 1.82) is 0 Å². The molecule has 0 N–H and O–H groups in total. The van der Waals surface area contributed by atoms with Crippen LogP contribution in [0, 0.1) is 13.8 Å². The van der Waals surface area contributed by atoms with Gasteiger partial charge >= 0.3 is 0 Å². The van der Waals surface area contributed by atoms with Crippen LogP contribution in [0.5, 0.6) is 0 Å². The van der Waals surface area contributed by atoms with Crippen LogP contribution >= 0.6 is 0 Å². The molecule has 2 aromatic carbocycles. The molecule has 0 saturated heterocycles. The molecule has 0 spiro atoms. The van der Waals surface area contributed by atoms with Gasteiger partial charge in [0.2, 0.25) is 0 Å². The molecule has 3 rings (SSSR count). The SMILES string of the molecule is CC(=O)c1ccc(Cc2c(C)nn(-c3ccccc3)c2C)cc1. The molecule has 0 fully saturated rings. The minimum Gasteiger partial charge on any atom is -0.295 e. The van der Waals surface area contributed by atoms with Gasteiger partial charge < -0.3 is 0 Å². The Morgan fingerprint density at radius 3 is 2.26 bits per heavy atom. The summed E-state index contributed by atoms with van der Waals surface area (Å²) in [4.78, 5) is 11.4. The molecule has 0 saturated carbocycles. The Kier molecular flexibility index (Phi) is 4.11. The average Bonchev–Trinajstić information content (AvgIpc) is 2.84. The predicted octanol–water partition coefficient (Wildman–Crippen LogP) is 4.28. The maximum absolute atomic E-state index is 11.4. The number of aromatic nitrogens is 2. The van der Waals surface area contributed by atoms with Crippen molar-refractivity contribution >= 4 is 5.78 Å². The summed E-state index contributed by atoms with van der Waals surface area (Å²) >= 11 is 0. The number of nitrogens with zero attached hydrogens (tertiary/aromatic N) is 2. The van der Waals surface area contributed by atoms with E-state index in [-0.39, 0.29) is 5.78 Å². The van der Waals surface area contributed by atoms with Crippen molar-refractivity contribution < 1.29 is 4.79 Å². The number of para-hydroxylation sites is 1. The van der Waals surface area contributed by atoms with Gasteiger partial charge in [-0.25, -0.2) is 4.68 Å². The van der Waals surface area contributed by atoms with Crippen LogP contribution in [-0.2, 0) is 6.42 Å². The lowest BCUT2D eigenvalue weighted by atomic mass is 10.0.